The molecule has 2 aromatic heterocycles. The third kappa shape index (κ3) is 3.16. The second-order valence-corrected chi connectivity index (χ2v) is 6.29. The minimum Gasteiger partial charge on any atom is -0.321 e. The number of hydrogen-bond donors (Lipinski definition) is 2. The summed E-state index contributed by atoms with van der Waals surface area (Å²) in [6.07, 6.45) is 0. The highest BCUT2D eigenvalue weighted by Crippen LogP contribution is 2.21. The van der Waals surface area contributed by atoms with Crippen molar-refractivity contribution in [2.24, 2.45) is 0 Å². The van der Waals surface area contributed by atoms with Gasteiger partial charge in [-0.05, 0) is 32.0 Å². The van der Waals surface area contributed by atoms with Crippen molar-refractivity contribution in [2.45, 2.75) is 20.4 Å². The maximum absolute atomic E-state index is 12.9. The van der Waals surface area contributed by atoms with Crippen molar-refractivity contribution in [1.29, 1.82) is 0 Å². The lowest BCUT2D eigenvalue weighted by molar-refractivity contribution is 0.102. The quantitative estimate of drug-likeness (QED) is 0.571. The first kappa shape index (κ1) is 17.6. The molecule has 0 aliphatic rings. The Morgan fingerprint density at radius 2 is 1.93 bits per heavy atom. The molecule has 0 atom stereocenters. The van der Waals surface area contributed by atoms with E-state index in [9.17, 15) is 9.59 Å². The zero-order chi connectivity index (χ0) is 19.7. The zero-order valence-electron chi connectivity index (χ0n) is 15.4. The van der Waals surface area contributed by atoms with Crippen LogP contribution in [0.3, 0.4) is 0 Å². The number of fused-ring (bicyclic) bond motifs is 1. The summed E-state index contributed by atoms with van der Waals surface area (Å²) in [5.74, 6) is 0.875. The average molecular weight is 374 g/mol. The monoisotopic (exact) mass is 374 g/mol. The Bertz CT molecular complexity index is 1240. The topological polar surface area (TPSA) is 106 Å². The summed E-state index contributed by atoms with van der Waals surface area (Å²) >= 11 is 0. The van der Waals surface area contributed by atoms with Crippen molar-refractivity contribution in [3.8, 4) is 11.4 Å². The fourth-order valence-corrected chi connectivity index (χ4v) is 3.02. The molecule has 2 N–H and O–H groups in total. The van der Waals surface area contributed by atoms with E-state index >= 15 is 0 Å². The molecule has 0 fully saturated rings. The molecule has 140 valence electrons. The number of rotatable bonds is 4. The maximum Gasteiger partial charge on any atom is 0.276 e. The van der Waals surface area contributed by atoms with Crippen LogP contribution in [0.15, 0.2) is 53.3 Å². The van der Waals surface area contributed by atoms with E-state index in [1.807, 2.05) is 26.0 Å². The van der Waals surface area contributed by atoms with Gasteiger partial charge >= 0.3 is 0 Å². The number of aryl methyl sites for hydroxylation is 2. The number of anilines is 1. The third-order valence-corrected chi connectivity index (χ3v) is 4.36. The Kier molecular flexibility index (Phi) is 4.44. The van der Waals surface area contributed by atoms with Gasteiger partial charge < -0.3 is 5.32 Å². The normalized spacial score (nSPS) is 10.9. The van der Waals surface area contributed by atoms with Crippen molar-refractivity contribution in [1.82, 2.24) is 25.0 Å². The molecule has 28 heavy (non-hydrogen) atoms. The minimum atomic E-state index is -0.387. The van der Waals surface area contributed by atoms with Crippen LogP contribution in [0.5, 0.6) is 0 Å². The van der Waals surface area contributed by atoms with Gasteiger partial charge in [0.25, 0.3) is 11.5 Å². The zero-order valence-corrected chi connectivity index (χ0v) is 15.4. The van der Waals surface area contributed by atoms with E-state index in [2.05, 4.69) is 25.6 Å². The second kappa shape index (κ2) is 7.07. The highest BCUT2D eigenvalue weighted by Gasteiger charge is 2.16. The third-order valence-electron chi connectivity index (χ3n) is 4.36. The Balaban J connectivity index is 1.72. The standard InChI is InChI=1S/C20H18N6O2/c1-3-26-20(28)16-10-5-4-9-15(16)17(25-26)19(27)22-14-8-6-7-13(11-14)18-21-12(2)23-24-18/h4-11H,3H2,1-2H3,(H,22,27)(H,21,23,24). The van der Waals surface area contributed by atoms with E-state index in [4.69, 9.17) is 0 Å². The Morgan fingerprint density at radius 1 is 1.14 bits per heavy atom. The number of aromatic nitrogens is 5. The molecule has 2 aromatic carbocycles. The predicted octanol–water partition coefficient (Wildman–Crippen LogP) is 2.76. The van der Waals surface area contributed by atoms with E-state index in [0.29, 0.717) is 34.7 Å². The number of carbonyl (C=O) groups excluding carboxylic acids is 1. The number of aromatic amines is 1. The van der Waals surface area contributed by atoms with Gasteiger partial charge in [-0.3, -0.25) is 14.7 Å². The van der Waals surface area contributed by atoms with Crippen molar-refractivity contribution >= 4 is 22.4 Å². The van der Waals surface area contributed by atoms with Crippen LogP contribution < -0.4 is 10.9 Å². The number of H-pyrrole nitrogens is 1. The van der Waals surface area contributed by atoms with Crippen LogP contribution in [0.1, 0.15) is 23.2 Å². The Hall–Kier alpha value is -3.81. The summed E-state index contributed by atoms with van der Waals surface area (Å²) < 4.78 is 1.30. The number of carbonyl (C=O) groups is 1. The summed E-state index contributed by atoms with van der Waals surface area (Å²) in [5.41, 5.74) is 1.36. The van der Waals surface area contributed by atoms with Gasteiger partial charge in [-0.15, -0.1) is 0 Å². The minimum absolute atomic E-state index is 0.205. The van der Waals surface area contributed by atoms with Gasteiger partial charge in [0.2, 0.25) is 0 Å². The molecule has 0 saturated carbocycles. The summed E-state index contributed by atoms with van der Waals surface area (Å²) in [6.45, 7) is 4.01. The van der Waals surface area contributed by atoms with Gasteiger partial charge in [0.15, 0.2) is 11.5 Å². The smallest absolute Gasteiger partial charge is 0.276 e. The summed E-state index contributed by atoms with van der Waals surface area (Å²) in [4.78, 5) is 29.7. The van der Waals surface area contributed by atoms with Crippen molar-refractivity contribution in [3.05, 3.63) is 70.4 Å². The summed E-state index contributed by atoms with van der Waals surface area (Å²) in [5, 5.41) is 15.0. The molecule has 8 nitrogen and oxygen atoms in total. The maximum atomic E-state index is 12.9. The molecule has 0 aliphatic carbocycles. The van der Waals surface area contributed by atoms with E-state index in [1.165, 1.54) is 4.68 Å². The fraction of sp³-hybridized carbons (Fsp3) is 0.150. The van der Waals surface area contributed by atoms with Gasteiger partial charge in [-0.25, -0.2) is 9.67 Å². The SMILES string of the molecule is CCn1nc(C(=O)Nc2cccc(-c3n[nH]c(C)n3)c2)c2ccccc2c1=O. The van der Waals surface area contributed by atoms with Crippen LogP contribution in [0.25, 0.3) is 22.2 Å². The molecule has 0 bridgehead atoms. The molecule has 0 spiro atoms. The molecule has 0 aliphatic heterocycles. The molecular weight excluding hydrogens is 356 g/mol. The predicted molar refractivity (Wildman–Crippen MR) is 106 cm³/mol. The number of benzene rings is 2. The van der Waals surface area contributed by atoms with E-state index < -0.39 is 0 Å². The van der Waals surface area contributed by atoms with E-state index in [-0.39, 0.29) is 17.2 Å². The molecule has 4 rings (SSSR count). The van der Waals surface area contributed by atoms with Crippen LogP contribution in [0.2, 0.25) is 0 Å². The molecule has 4 aromatic rings. The van der Waals surface area contributed by atoms with Crippen molar-refractivity contribution < 1.29 is 4.79 Å². The molecule has 0 radical (unpaired) electrons. The number of amides is 1. The van der Waals surface area contributed by atoms with E-state index in [0.717, 1.165) is 5.56 Å². The van der Waals surface area contributed by atoms with Crippen LogP contribution in [0, 0.1) is 6.92 Å². The van der Waals surface area contributed by atoms with Crippen LogP contribution in [-0.4, -0.2) is 30.9 Å². The van der Waals surface area contributed by atoms with Gasteiger partial charge in [-0.1, -0.05) is 30.3 Å². The number of hydrogen-bond acceptors (Lipinski definition) is 5. The lowest BCUT2D eigenvalue weighted by atomic mass is 10.1. The van der Waals surface area contributed by atoms with Gasteiger partial charge in [0.1, 0.15) is 5.82 Å². The van der Waals surface area contributed by atoms with Crippen molar-refractivity contribution in [2.75, 3.05) is 5.32 Å². The molecule has 2 heterocycles. The van der Waals surface area contributed by atoms with Crippen LogP contribution >= 0.6 is 0 Å². The first-order valence-corrected chi connectivity index (χ1v) is 8.87. The summed E-state index contributed by atoms with van der Waals surface area (Å²) in [7, 11) is 0. The fourth-order valence-electron chi connectivity index (χ4n) is 3.02. The Morgan fingerprint density at radius 3 is 2.64 bits per heavy atom. The lowest BCUT2D eigenvalue weighted by Crippen LogP contribution is -2.27. The van der Waals surface area contributed by atoms with Gasteiger partial charge in [0, 0.05) is 23.2 Å². The van der Waals surface area contributed by atoms with Crippen LogP contribution in [-0.2, 0) is 6.54 Å². The lowest BCUT2D eigenvalue weighted by Gasteiger charge is -2.10. The highest BCUT2D eigenvalue weighted by atomic mass is 16.2. The first-order valence-electron chi connectivity index (χ1n) is 8.87. The van der Waals surface area contributed by atoms with Crippen molar-refractivity contribution in [3.63, 3.8) is 0 Å². The van der Waals surface area contributed by atoms with E-state index in [1.54, 1.807) is 36.4 Å². The Labute approximate surface area is 160 Å². The molecular formula is C20H18N6O2. The molecule has 8 heteroatoms. The first-order chi connectivity index (χ1) is 13.6. The van der Waals surface area contributed by atoms with Gasteiger partial charge in [-0.2, -0.15) is 10.2 Å². The number of nitrogens with zero attached hydrogens (tertiary/aromatic N) is 4. The van der Waals surface area contributed by atoms with Crippen LogP contribution in [0.4, 0.5) is 5.69 Å². The van der Waals surface area contributed by atoms with Gasteiger partial charge in [0.05, 0.1) is 5.39 Å². The second-order valence-electron chi connectivity index (χ2n) is 6.29. The molecule has 1 amide bonds. The highest BCUT2D eigenvalue weighted by molar-refractivity contribution is 6.11. The molecule has 0 saturated heterocycles. The average Bonchev–Trinajstić information content (AvgIpc) is 3.15. The summed E-state index contributed by atoms with van der Waals surface area (Å²) in [6, 6.07) is 14.2. The number of nitrogens with one attached hydrogen (secondary N) is 2. The molecule has 0 unspecified atom stereocenters. The largest absolute Gasteiger partial charge is 0.321 e.